The van der Waals surface area contributed by atoms with Crippen LogP contribution in [-0.2, 0) is 6.54 Å². The van der Waals surface area contributed by atoms with Gasteiger partial charge in [-0.25, -0.2) is 0 Å². The molecule has 1 N–H and O–H groups in total. The van der Waals surface area contributed by atoms with Gasteiger partial charge in [0.2, 0.25) is 0 Å². The lowest BCUT2D eigenvalue weighted by Crippen LogP contribution is -2.34. The van der Waals surface area contributed by atoms with E-state index in [1.807, 2.05) is 7.05 Å². The normalized spacial score (nSPS) is 13.3. The standard InChI is InChI=1S/C15H25BrN2/c1-12(2)14(9-17-3)11-18(4)10-13-6-5-7-15(16)8-13/h5-8,12,14,17H,9-11H2,1-4H3. The van der Waals surface area contributed by atoms with Gasteiger partial charge in [0.05, 0.1) is 0 Å². The van der Waals surface area contributed by atoms with Crippen molar-refractivity contribution in [1.29, 1.82) is 0 Å². The monoisotopic (exact) mass is 312 g/mol. The molecule has 1 unspecified atom stereocenters. The highest BCUT2D eigenvalue weighted by Crippen LogP contribution is 2.15. The van der Waals surface area contributed by atoms with Gasteiger partial charge in [0.25, 0.3) is 0 Å². The molecule has 0 aliphatic carbocycles. The Labute approximate surface area is 120 Å². The topological polar surface area (TPSA) is 15.3 Å². The average Bonchev–Trinajstić information content (AvgIpc) is 2.28. The van der Waals surface area contributed by atoms with E-state index in [2.05, 4.69) is 71.3 Å². The Morgan fingerprint density at radius 1 is 1.33 bits per heavy atom. The Bertz CT molecular complexity index is 352. The minimum absolute atomic E-state index is 0.701. The number of rotatable bonds is 7. The average molecular weight is 313 g/mol. The molecule has 102 valence electrons. The van der Waals surface area contributed by atoms with E-state index < -0.39 is 0 Å². The molecule has 1 rings (SSSR count). The van der Waals surface area contributed by atoms with Gasteiger partial charge in [-0.15, -0.1) is 0 Å². The van der Waals surface area contributed by atoms with Crippen LogP contribution in [0, 0.1) is 11.8 Å². The molecule has 0 aliphatic rings. The van der Waals surface area contributed by atoms with Crippen LogP contribution in [0.5, 0.6) is 0 Å². The van der Waals surface area contributed by atoms with Crippen molar-refractivity contribution in [2.24, 2.45) is 11.8 Å². The zero-order valence-corrected chi connectivity index (χ0v) is 13.5. The summed E-state index contributed by atoms with van der Waals surface area (Å²) in [4.78, 5) is 2.41. The SMILES string of the molecule is CNCC(CN(C)Cc1cccc(Br)c1)C(C)C. The Hall–Kier alpha value is -0.380. The van der Waals surface area contributed by atoms with E-state index in [1.165, 1.54) is 5.56 Å². The van der Waals surface area contributed by atoms with E-state index >= 15 is 0 Å². The van der Waals surface area contributed by atoms with Crippen LogP contribution in [0.25, 0.3) is 0 Å². The Kier molecular flexibility index (Phi) is 6.90. The summed E-state index contributed by atoms with van der Waals surface area (Å²) in [6, 6.07) is 8.55. The van der Waals surface area contributed by atoms with E-state index in [-0.39, 0.29) is 0 Å². The molecule has 0 aliphatic heterocycles. The largest absolute Gasteiger partial charge is 0.319 e. The maximum Gasteiger partial charge on any atom is 0.0231 e. The second-order valence-electron chi connectivity index (χ2n) is 5.39. The third-order valence-electron chi connectivity index (χ3n) is 3.30. The first-order valence-corrected chi connectivity index (χ1v) is 7.39. The van der Waals surface area contributed by atoms with Crippen LogP contribution in [0.4, 0.5) is 0 Å². The number of halogens is 1. The van der Waals surface area contributed by atoms with Crippen molar-refractivity contribution < 1.29 is 0 Å². The predicted octanol–water partition coefficient (Wildman–Crippen LogP) is 3.37. The molecule has 0 saturated heterocycles. The summed E-state index contributed by atoms with van der Waals surface area (Å²) in [6.07, 6.45) is 0. The number of nitrogens with zero attached hydrogens (tertiary/aromatic N) is 1. The van der Waals surface area contributed by atoms with E-state index in [0.717, 1.165) is 24.1 Å². The van der Waals surface area contributed by atoms with Crippen molar-refractivity contribution in [3.8, 4) is 0 Å². The van der Waals surface area contributed by atoms with Gasteiger partial charge in [0.1, 0.15) is 0 Å². The van der Waals surface area contributed by atoms with Crippen molar-refractivity contribution in [1.82, 2.24) is 10.2 Å². The predicted molar refractivity (Wildman–Crippen MR) is 82.7 cm³/mol. The molecule has 3 heteroatoms. The second kappa shape index (κ2) is 7.93. The summed E-state index contributed by atoms with van der Waals surface area (Å²) in [7, 11) is 4.23. The third-order valence-corrected chi connectivity index (χ3v) is 3.79. The van der Waals surface area contributed by atoms with E-state index in [4.69, 9.17) is 0 Å². The molecule has 0 aromatic heterocycles. The number of nitrogens with one attached hydrogen (secondary N) is 1. The maximum atomic E-state index is 3.52. The van der Waals surface area contributed by atoms with Crippen LogP contribution in [0.15, 0.2) is 28.7 Å². The first-order chi connectivity index (χ1) is 8.52. The fraction of sp³-hybridized carbons (Fsp3) is 0.600. The lowest BCUT2D eigenvalue weighted by Gasteiger charge is -2.26. The van der Waals surface area contributed by atoms with Gasteiger partial charge in [0.15, 0.2) is 0 Å². The molecule has 0 fully saturated rings. The minimum atomic E-state index is 0.701. The molecule has 0 saturated carbocycles. The van der Waals surface area contributed by atoms with Gasteiger partial charge >= 0.3 is 0 Å². The molecule has 0 spiro atoms. The highest BCUT2D eigenvalue weighted by atomic mass is 79.9. The van der Waals surface area contributed by atoms with Crippen LogP contribution >= 0.6 is 15.9 Å². The van der Waals surface area contributed by atoms with Crippen molar-refractivity contribution in [3.05, 3.63) is 34.3 Å². The Morgan fingerprint density at radius 3 is 2.61 bits per heavy atom. The molecule has 0 heterocycles. The molecular formula is C15H25BrN2. The molecule has 0 radical (unpaired) electrons. The number of hydrogen-bond donors (Lipinski definition) is 1. The molecule has 0 amide bonds. The lowest BCUT2D eigenvalue weighted by atomic mass is 9.95. The van der Waals surface area contributed by atoms with Crippen LogP contribution in [0.2, 0.25) is 0 Å². The van der Waals surface area contributed by atoms with Gasteiger partial charge in [-0.2, -0.15) is 0 Å². The number of hydrogen-bond acceptors (Lipinski definition) is 2. The summed E-state index contributed by atoms with van der Waals surface area (Å²) in [5.41, 5.74) is 1.36. The second-order valence-corrected chi connectivity index (χ2v) is 6.30. The molecule has 1 atom stereocenters. The molecular weight excluding hydrogens is 288 g/mol. The van der Waals surface area contributed by atoms with Gasteiger partial charge in [-0.3, -0.25) is 0 Å². The van der Waals surface area contributed by atoms with Crippen molar-refractivity contribution >= 4 is 15.9 Å². The first-order valence-electron chi connectivity index (χ1n) is 6.60. The minimum Gasteiger partial charge on any atom is -0.319 e. The van der Waals surface area contributed by atoms with Crippen molar-refractivity contribution in [2.75, 3.05) is 27.2 Å². The van der Waals surface area contributed by atoms with E-state index in [9.17, 15) is 0 Å². The van der Waals surface area contributed by atoms with Crippen molar-refractivity contribution in [3.63, 3.8) is 0 Å². The summed E-state index contributed by atoms with van der Waals surface area (Å²) in [6.45, 7) is 7.82. The van der Waals surface area contributed by atoms with Gasteiger partial charge in [-0.1, -0.05) is 41.9 Å². The van der Waals surface area contributed by atoms with Gasteiger partial charge < -0.3 is 10.2 Å². The third kappa shape index (κ3) is 5.51. The van der Waals surface area contributed by atoms with Crippen molar-refractivity contribution in [2.45, 2.75) is 20.4 Å². The highest BCUT2D eigenvalue weighted by Gasteiger charge is 2.14. The van der Waals surface area contributed by atoms with Gasteiger partial charge in [-0.05, 0) is 50.2 Å². The highest BCUT2D eigenvalue weighted by molar-refractivity contribution is 9.10. The molecule has 1 aromatic rings. The van der Waals surface area contributed by atoms with Crippen LogP contribution in [-0.4, -0.2) is 32.1 Å². The van der Waals surface area contributed by atoms with Crippen LogP contribution in [0.1, 0.15) is 19.4 Å². The molecule has 1 aromatic carbocycles. The summed E-state index contributed by atoms with van der Waals surface area (Å²) in [5.74, 6) is 1.41. The zero-order chi connectivity index (χ0) is 13.5. The van der Waals surface area contributed by atoms with Crippen LogP contribution in [0.3, 0.4) is 0 Å². The Balaban J connectivity index is 2.51. The van der Waals surface area contributed by atoms with Crippen LogP contribution < -0.4 is 5.32 Å². The summed E-state index contributed by atoms with van der Waals surface area (Å²) in [5, 5.41) is 3.29. The zero-order valence-electron chi connectivity index (χ0n) is 11.9. The fourth-order valence-corrected chi connectivity index (χ4v) is 2.63. The number of benzene rings is 1. The summed E-state index contributed by atoms with van der Waals surface area (Å²) >= 11 is 3.52. The molecule has 0 bridgehead atoms. The lowest BCUT2D eigenvalue weighted by molar-refractivity contribution is 0.227. The maximum absolute atomic E-state index is 3.52. The van der Waals surface area contributed by atoms with E-state index in [0.29, 0.717) is 11.8 Å². The Morgan fingerprint density at radius 2 is 2.06 bits per heavy atom. The quantitative estimate of drug-likeness (QED) is 0.830. The van der Waals surface area contributed by atoms with E-state index in [1.54, 1.807) is 0 Å². The summed E-state index contributed by atoms with van der Waals surface area (Å²) < 4.78 is 1.16. The first kappa shape index (κ1) is 15.7. The molecule has 18 heavy (non-hydrogen) atoms. The smallest absolute Gasteiger partial charge is 0.0231 e. The fourth-order valence-electron chi connectivity index (χ4n) is 2.19. The van der Waals surface area contributed by atoms with Gasteiger partial charge in [0, 0.05) is 17.6 Å². The molecule has 2 nitrogen and oxygen atoms in total.